The molecule has 1 heterocycles. The van der Waals surface area contributed by atoms with Crippen LogP contribution >= 0.6 is 0 Å². The van der Waals surface area contributed by atoms with Crippen LogP contribution in [0.4, 0.5) is 10.1 Å². The van der Waals surface area contributed by atoms with Crippen LogP contribution in [-0.4, -0.2) is 15.3 Å². The summed E-state index contributed by atoms with van der Waals surface area (Å²) in [5, 5.41) is 0. The van der Waals surface area contributed by atoms with Gasteiger partial charge in [-0.25, -0.2) is 14.4 Å². The number of halogens is 1. The molecule has 25 heavy (non-hydrogen) atoms. The molecule has 0 unspecified atom stereocenters. The van der Waals surface area contributed by atoms with Gasteiger partial charge < -0.3 is 4.57 Å². The second-order valence-electron chi connectivity index (χ2n) is 5.84. The van der Waals surface area contributed by atoms with Gasteiger partial charge >= 0.3 is 0 Å². The van der Waals surface area contributed by atoms with Gasteiger partial charge in [-0.2, -0.15) is 0 Å². The van der Waals surface area contributed by atoms with Crippen LogP contribution in [-0.2, 0) is 7.05 Å². The van der Waals surface area contributed by atoms with Gasteiger partial charge in [-0.3, -0.25) is 0 Å². The Kier molecular flexibility index (Phi) is 3.86. The standard InChI is InChI=1S/C21H16FN3/c1-25-14-23-19-13-18(17(22)12-20(19)25)24-21(15-8-4-2-5-9-15)16-10-6-3-7-11-16/h2-14H,1H3. The summed E-state index contributed by atoms with van der Waals surface area (Å²) in [6.07, 6.45) is 1.67. The zero-order chi connectivity index (χ0) is 17.2. The number of aliphatic imine (C=N–C) groups is 1. The number of hydrogen-bond acceptors (Lipinski definition) is 2. The van der Waals surface area contributed by atoms with E-state index in [0.29, 0.717) is 0 Å². The molecule has 122 valence electrons. The first-order valence-corrected chi connectivity index (χ1v) is 8.02. The van der Waals surface area contributed by atoms with Crippen molar-refractivity contribution < 1.29 is 4.39 Å². The smallest absolute Gasteiger partial charge is 0.151 e. The lowest BCUT2D eigenvalue weighted by molar-refractivity contribution is 0.631. The first kappa shape index (κ1) is 15.3. The van der Waals surface area contributed by atoms with Gasteiger partial charge in [0.1, 0.15) is 5.69 Å². The van der Waals surface area contributed by atoms with E-state index in [1.807, 2.05) is 67.7 Å². The fourth-order valence-electron chi connectivity index (χ4n) is 2.83. The number of nitrogens with zero attached hydrogens (tertiary/aromatic N) is 3. The van der Waals surface area contributed by atoms with Crippen LogP contribution < -0.4 is 0 Å². The van der Waals surface area contributed by atoms with Gasteiger partial charge in [0.05, 0.1) is 23.1 Å². The fourth-order valence-corrected chi connectivity index (χ4v) is 2.83. The molecule has 0 aliphatic carbocycles. The van der Waals surface area contributed by atoms with E-state index in [-0.39, 0.29) is 11.5 Å². The third-order valence-corrected chi connectivity index (χ3v) is 4.12. The molecule has 0 aliphatic rings. The maximum Gasteiger partial charge on any atom is 0.151 e. The van der Waals surface area contributed by atoms with Crippen LogP contribution in [0.2, 0.25) is 0 Å². The summed E-state index contributed by atoms with van der Waals surface area (Å²) in [4.78, 5) is 8.95. The lowest BCUT2D eigenvalue weighted by Gasteiger charge is -2.08. The maximum atomic E-state index is 14.6. The largest absolute Gasteiger partial charge is 0.334 e. The third-order valence-electron chi connectivity index (χ3n) is 4.12. The minimum absolute atomic E-state index is 0.286. The SMILES string of the molecule is Cn1cnc2cc(N=C(c3ccccc3)c3ccccc3)c(F)cc21. The van der Waals surface area contributed by atoms with E-state index < -0.39 is 0 Å². The molecule has 3 nitrogen and oxygen atoms in total. The maximum absolute atomic E-state index is 14.6. The molecule has 4 heteroatoms. The first-order valence-electron chi connectivity index (χ1n) is 8.02. The van der Waals surface area contributed by atoms with E-state index in [9.17, 15) is 4.39 Å². The minimum Gasteiger partial charge on any atom is -0.334 e. The predicted octanol–water partition coefficient (Wildman–Crippen LogP) is 4.88. The molecule has 0 spiro atoms. The topological polar surface area (TPSA) is 30.2 Å². The zero-order valence-corrected chi connectivity index (χ0v) is 13.7. The van der Waals surface area contributed by atoms with Crippen molar-refractivity contribution in [1.29, 1.82) is 0 Å². The molecule has 0 aliphatic heterocycles. The molecule has 0 saturated heterocycles. The molecule has 4 rings (SSSR count). The van der Waals surface area contributed by atoms with E-state index in [1.54, 1.807) is 17.0 Å². The van der Waals surface area contributed by atoms with Crippen LogP contribution in [0, 0.1) is 5.82 Å². The van der Waals surface area contributed by atoms with Crippen molar-refractivity contribution in [2.24, 2.45) is 12.0 Å². The predicted molar refractivity (Wildman–Crippen MR) is 98.9 cm³/mol. The number of imidazole rings is 1. The Bertz CT molecular complexity index is 1010. The summed E-state index contributed by atoms with van der Waals surface area (Å²) in [5.74, 6) is -0.361. The Labute approximate surface area is 145 Å². The third kappa shape index (κ3) is 2.94. The van der Waals surface area contributed by atoms with Gasteiger partial charge in [0.2, 0.25) is 0 Å². The summed E-state index contributed by atoms with van der Waals surface area (Å²) in [5.41, 5.74) is 4.37. The van der Waals surface area contributed by atoms with Crippen LogP contribution in [0.25, 0.3) is 11.0 Å². The second-order valence-corrected chi connectivity index (χ2v) is 5.84. The summed E-state index contributed by atoms with van der Waals surface area (Å²) >= 11 is 0. The number of hydrogen-bond donors (Lipinski definition) is 0. The molecule has 0 radical (unpaired) electrons. The van der Waals surface area contributed by atoms with E-state index in [4.69, 9.17) is 0 Å². The molecular formula is C21H16FN3. The van der Waals surface area contributed by atoms with Crippen LogP contribution in [0.1, 0.15) is 11.1 Å². The van der Waals surface area contributed by atoms with Gasteiger partial charge in [-0.15, -0.1) is 0 Å². The monoisotopic (exact) mass is 329 g/mol. The second kappa shape index (κ2) is 6.32. The summed E-state index contributed by atoms with van der Waals surface area (Å²) in [6, 6.07) is 22.8. The minimum atomic E-state index is -0.361. The van der Waals surface area contributed by atoms with E-state index >= 15 is 0 Å². The Morgan fingerprint density at radius 3 is 2.12 bits per heavy atom. The van der Waals surface area contributed by atoms with Gasteiger partial charge in [0, 0.05) is 24.2 Å². The van der Waals surface area contributed by atoms with Crippen molar-refractivity contribution in [3.05, 3.63) is 96.1 Å². The molecule has 0 amide bonds. The number of aryl methyl sites for hydroxylation is 1. The zero-order valence-electron chi connectivity index (χ0n) is 13.7. The van der Waals surface area contributed by atoms with Crippen molar-refractivity contribution in [3.8, 4) is 0 Å². The first-order chi connectivity index (χ1) is 12.2. The van der Waals surface area contributed by atoms with Crippen LogP contribution in [0.5, 0.6) is 0 Å². The summed E-state index contributed by atoms with van der Waals surface area (Å²) in [7, 11) is 1.84. The Morgan fingerprint density at radius 1 is 0.920 bits per heavy atom. The number of fused-ring (bicyclic) bond motifs is 1. The molecule has 0 saturated carbocycles. The van der Waals surface area contributed by atoms with Gasteiger partial charge in [0.15, 0.2) is 5.82 Å². The highest BCUT2D eigenvalue weighted by atomic mass is 19.1. The lowest BCUT2D eigenvalue weighted by Crippen LogP contribution is -2.03. The number of benzene rings is 3. The van der Waals surface area contributed by atoms with E-state index in [0.717, 1.165) is 27.9 Å². The highest BCUT2D eigenvalue weighted by molar-refractivity contribution is 6.14. The van der Waals surface area contributed by atoms with Crippen molar-refractivity contribution >= 4 is 22.4 Å². The molecule has 0 fully saturated rings. The Balaban J connectivity index is 1.92. The van der Waals surface area contributed by atoms with Gasteiger partial charge in [0.25, 0.3) is 0 Å². The summed E-state index contributed by atoms with van der Waals surface area (Å²) in [6.45, 7) is 0. The van der Waals surface area contributed by atoms with Crippen molar-refractivity contribution in [2.45, 2.75) is 0 Å². The summed E-state index contributed by atoms with van der Waals surface area (Å²) < 4.78 is 16.4. The molecule has 1 aromatic heterocycles. The molecule has 0 bridgehead atoms. The Morgan fingerprint density at radius 2 is 1.52 bits per heavy atom. The molecule has 0 N–H and O–H groups in total. The normalized spacial score (nSPS) is 10.8. The average Bonchev–Trinajstić information content (AvgIpc) is 3.01. The van der Waals surface area contributed by atoms with Crippen LogP contribution in [0.15, 0.2) is 84.1 Å². The fraction of sp³-hybridized carbons (Fsp3) is 0.0476. The number of aromatic nitrogens is 2. The van der Waals surface area contributed by atoms with Crippen molar-refractivity contribution in [1.82, 2.24) is 9.55 Å². The number of rotatable bonds is 3. The molecule has 3 aromatic carbocycles. The average molecular weight is 329 g/mol. The Hall–Kier alpha value is -3.27. The van der Waals surface area contributed by atoms with Crippen molar-refractivity contribution in [3.63, 3.8) is 0 Å². The van der Waals surface area contributed by atoms with E-state index in [1.165, 1.54) is 6.07 Å². The van der Waals surface area contributed by atoms with Gasteiger partial charge in [-0.05, 0) is 6.07 Å². The van der Waals surface area contributed by atoms with Crippen molar-refractivity contribution in [2.75, 3.05) is 0 Å². The highest BCUT2D eigenvalue weighted by Crippen LogP contribution is 2.26. The quantitative estimate of drug-likeness (QED) is 0.493. The van der Waals surface area contributed by atoms with Gasteiger partial charge in [-0.1, -0.05) is 60.7 Å². The van der Waals surface area contributed by atoms with Crippen LogP contribution in [0.3, 0.4) is 0 Å². The molecule has 0 atom stereocenters. The van der Waals surface area contributed by atoms with E-state index in [2.05, 4.69) is 9.98 Å². The molecule has 4 aromatic rings. The molecular weight excluding hydrogens is 313 g/mol. The lowest BCUT2D eigenvalue weighted by atomic mass is 10.0. The highest BCUT2D eigenvalue weighted by Gasteiger charge is 2.11.